The summed E-state index contributed by atoms with van der Waals surface area (Å²) in [6, 6.07) is 9.83. The van der Waals surface area contributed by atoms with Gasteiger partial charge in [-0.3, -0.25) is 20.4 Å². The maximum Gasteiger partial charge on any atom is 0.305 e. The summed E-state index contributed by atoms with van der Waals surface area (Å²) in [6.07, 6.45) is 0. The lowest BCUT2D eigenvalue weighted by molar-refractivity contribution is 0.0831. The second-order valence-electron chi connectivity index (χ2n) is 6.70. The van der Waals surface area contributed by atoms with Gasteiger partial charge in [-0.25, -0.2) is 12.8 Å². The van der Waals surface area contributed by atoms with E-state index >= 15 is 0 Å². The van der Waals surface area contributed by atoms with Crippen molar-refractivity contribution >= 4 is 32.8 Å². The number of rotatable bonds is 6. The summed E-state index contributed by atoms with van der Waals surface area (Å²) in [5, 5.41) is 0.450. The first-order valence-electron chi connectivity index (χ1n) is 9.59. The van der Waals surface area contributed by atoms with Crippen molar-refractivity contribution in [2.75, 3.05) is 13.1 Å². The van der Waals surface area contributed by atoms with Gasteiger partial charge in [0.1, 0.15) is 0 Å². The fourth-order valence-corrected chi connectivity index (χ4v) is 4.68. The highest BCUT2D eigenvalue weighted by molar-refractivity contribution is 7.89. The van der Waals surface area contributed by atoms with E-state index in [0.29, 0.717) is 24.0 Å². The van der Waals surface area contributed by atoms with Crippen LogP contribution in [-0.2, 0) is 10.0 Å². The van der Waals surface area contributed by atoms with Gasteiger partial charge in [-0.15, -0.1) is 0 Å². The normalized spacial score (nSPS) is 11.6. The molecule has 0 atom stereocenters. The van der Waals surface area contributed by atoms with Gasteiger partial charge in [0, 0.05) is 29.6 Å². The molecule has 2 aromatic carbocycles. The molecule has 2 N–H and O–H groups in total. The van der Waals surface area contributed by atoms with Crippen LogP contribution in [0.4, 0.5) is 4.39 Å². The summed E-state index contributed by atoms with van der Waals surface area (Å²) in [6.45, 7) is 5.63. The van der Waals surface area contributed by atoms with E-state index in [9.17, 15) is 22.4 Å². The van der Waals surface area contributed by atoms with E-state index in [4.69, 9.17) is 4.42 Å². The van der Waals surface area contributed by atoms with Crippen molar-refractivity contribution in [2.24, 2.45) is 0 Å². The molecule has 3 rings (SSSR count). The van der Waals surface area contributed by atoms with E-state index < -0.39 is 27.7 Å². The number of nitrogens with one attached hydrogen (secondary N) is 2. The molecule has 164 valence electrons. The molecule has 0 saturated carbocycles. The maximum absolute atomic E-state index is 13.9. The summed E-state index contributed by atoms with van der Waals surface area (Å²) < 4.78 is 45.8. The van der Waals surface area contributed by atoms with Crippen molar-refractivity contribution in [1.82, 2.24) is 15.2 Å². The number of sulfonamides is 1. The van der Waals surface area contributed by atoms with Crippen molar-refractivity contribution in [2.45, 2.75) is 25.7 Å². The van der Waals surface area contributed by atoms with E-state index in [2.05, 4.69) is 10.9 Å². The standard InChI is InChI=1S/C21H22FN3O5S/c1-4-25(5-2)31(28,29)15-9-6-8-14(12-15)20(26)23-24-21(27)18-13(3)16-10-7-11-17(22)19(16)30-18/h6-12H,4-5H2,1-3H3,(H,23,26)(H,24,27). The molecule has 0 bridgehead atoms. The van der Waals surface area contributed by atoms with Crippen LogP contribution in [0.3, 0.4) is 0 Å². The predicted molar refractivity (Wildman–Crippen MR) is 112 cm³/mol. The van der Waals surface area contributed by atoms with Crippen LogP contribution in [0.25, 0.3) is 11.0 Å². The number of hydrogen-bond acceptors (Lipinski definition) is 5. The molecule has 3 aromatic rings. The Labute approximate surface area is 179 Å². The number of halogens is 1. The Kier molecular flexibility index (Phi) is 6.42. The number of fused-ring (bicyclic) bond motifs is 1. The second kappa shape index (κ2) is 8.86. The monoisotopic (exact) mass is 447 g/mol. The summed E-state index contributed by atoms with van der Waals surface area (Å²) >= 11 is 0. The minimum Gasteiger partial charge on any atom is -0.447 e. The Morgan fingerprint density at radius 3 is 2.32 bits per heavy atom. The van der Waals surface area contributed by atoms with E-state index in [1.807, 2.05) is 0 Å². The fourth-order valence-electron chi connectivity index (χ4n) is 3.18. The first-order chi connectivity index (χ1) is 14.7. The molecule has 0 aliphatic carbocycles. The number of benzene rings is 2. The fraction of sp³-hybridized carbons (Fsp3) is 0.238. The highest BCUT2D eigenvalue weighted by Crippen LogP contribution is 2.27. The molecule has 0 aliphatic rings. The second-order valence-corrected chi connectivity index (χ2v) is 8.64. The average molecular weight is 447 g/mol. The third-order valence-corrected chi connectivity index (χ3v) is 6.90. The third kappa shape index (κ3) is 4.30. The van der Waals surface area contributed by atoms with Crippen molar-refractivity contribution in [3.63, 3.8) is 0 Å². The number of carbonyl (C=O) groups is 2. The SMILES string of the molecule is CCN(CC)S(=O)(=O)c1cccc(C(=O)NNC(=O)c2oc3c(F)cccc3c2C)c1. The predicted octanol–water partition coefficient (Wildman–Crippen LogP) is 2.99. The van der Waals surface area contributed by atoms with Gasteiger partial charge in [0.2, 0.25) is 10.0 Å². The van der Waals surface area contributed by atoms with Crippen LogP contribution in [0.15, 0.2) is 51.8 Å². The average Bonchev–Trinajstić information content (AvgIpc) is 3.10. The number of hydrogen-bond donors (Lipinski definition) is 2. The van der Waals surface area contributed by atoms with Crippen molar-refractivity contribution in [3.05, 3.63) is 65.2 Å². The summed E-state index contributed by atoms with van der Waals surface area (Å²) in [5.41, 5.74) is 4.84. The van der Waals surface area contributed by atoms with E-state index in [-0.39, 0.29) is 21.8 Å². The van der Waals surface area contributed by atoms with Crippen molar-refractivity contribution < 1.29 is 26.8 Å². The Hall–Kier alpha value is -3.24. The zero-order chi connectivity index (χ0) is 22.8. The molecular formula is C21H22FN3O5S. The number of nitrogens with zero attached hydrogens (tertiary/aromatic N) is 1. The number of hydrazine groups is 1. The number of para-hydroxylation sites is 1. The topological polar surface area (TPSA) is 109 Å². The van der Waals surface area contributed by atoms with Gasteiger partial charge in [0.15, 0.2) is 17.2 Å². The quantitative estimate of drug-likeness (QED) is 0.565. The van der Waals surface area contributed by atoms with Crippen LogP contribution in [0.5, 0.6) is 0 Å². The van der Waals surface area contributed by atoms with Crippen LogP contribution >= 0.6 is 0 Å². The zero-order valence-electron chi connectivity index (χ0n) is 17.2. The molecule has 31 heavy (non-hydrogen) atoms. The van der Waals surface area contributed by atoms with Gasteiger partial charge in [-0.05, 0) is 31.2 Å². The lowest BCUT2D eigenvalue weighted by Gasteiger charge is -2.18. The molecular weight excluding hydrogens is 425 g/mol. The molecule has 0 unspecified atom stereocenters. The smallest absolute Gasteiger partial charge is 0.305 e. The van der Waals surface area contributed by atoms with Crippen molar-refractivity contribution in [1.29, 1.82) is 0 Å². The number of aryl methyl sites for hydroxylation is 1. The summed E-state index contributed by atoms with van der Waals surface area (Å²) in [5.74, 6) is -2.23. The Morgan fingerprint density at radius 2 is 1.68 bits per heavy atom. The minimum atomic E-state index is -3.74. The summed E-state index contributed by atoms with van der Waals surface area (Å²) in [4.78, 5) is 24.9. The highest BCUT2D eigenvalue weighted by atomic mass is 32.2. The highest BCUT2D eigenvalue weighted by Gasteiger charge is 2.23. The van der Waals surface area contributed by atoms with Gasteiger partial charge in [0.05, 0.1) is 4.90 Å². The largest absolute Gasteiger partial charge is 0.447 e. The van der Waals surface area contributed by atoms with Gasteiger partial charge < -0.3 is 4.42 Å². The van der Waals surface area contributed by atoms with Gasteiger partial charge >= 0.3 is 5.91 Å². The van der Waals surface area contributed by atoms with Crippen LogP contribution in [0, 0.1) is 12.7 Å². The minimum absolute atomic E-state index is 0.0289. The van der Waals surface area contributed by atoms with E-state index in [1.165, 1.54) is 40.7 Å². The molecule has 1 heterocycles. The number of amides is 2. The Balaban J connectivity index is 1.77. The Bertz CT molecular complexity index is 1250. The van der Waals surface area contributed by atoms with Gasteiger partial charge in [0.25, 0.3) is 5.91 Å². The van der Waals surface area contributed by atoms with Crippen molar-refractivity contribution in [3.8, 4) is 0 Å². The van der Waals surface area contributed by atoms with Crippen LogP contribution in [-0.4, -0.2) is 37.6 Å². The van der Waals surface area contributed by atoms with E-state index in [0.717, 1.165) is 0 Å². The molecule has 10 heteroatoms. The maximum atomic E-state index is 13.9. The van der Waals surface area contributed by atoms with Gasteiger partial charge in [-0.1, -0.05) is 32.0 Å². The molecule has 1 aromatic heterocycles. The van der Waals surface area contributed by atoms with Crippen LogP contribution in [0.2, 0.25) is 0 Å². The van der Waals surface area contributed by atoms with Crippen LogP contribution < -0.4 is 10.9 Å². The molecule has 0 aliphatic heterocycles. The zero-order valence-corrected chi connectivity index (χ0v) is 18.0. The molecule has 0 fully saturated rings. The molecule has 0 saturated heterocycles. The molecule has 2 amide bonds. The Morgan fingerprint density at radius 1 is 1.03 bits per heavy atom. The molecule has 0 spiro atoms. The first kappa shape index (κ1) is 22.4. The third-order valence-electron chi connectivity index (χ3n) is 4.85. The number of carbonyl (C=O) groups excluding carboxylic acids is 2. The summed E-state index contributed by atoms with van der Waals surface area (Å²) in [7, 11) is -3.74. The lowest BCUT2D eigenvalue weighted by Crippen LogP contribution is -2.41. The molecule has 0 radical (unpaired) electrons. The lowest BCUT2D eigenvalue weighted by atomic mass is 10.1. The van der Waals surface area contributed by atoms with E-state index in [1.54, 1.807) is 26.8 Å². The van der Waals surface area contributed by atoms with Gasteiger partial charge in [-0.2, -0.15) is 4.31 Å². The van der Waals surface area contributed by atoms with Crippen LogP contribution in [0.1, 0.15) is 40.3 Å². The molecule has 8 nitrogen and oxygen atoms in total. The number of furan rings is 1. The first-order valence-corrected chi connectivity index (χ1v) is 11.0.